The molecular formula is C13H26N2O. The quantitative estimate of drug-likeness (QED) is 0.783. The Bertz CT molecular complexity index is 210. The second-order valence-corrected chi connectivity index (χ2v) is 5.67. The average molecular weight is 226 g/mol. The van der Waals surface area contributed by atoms with Crippen LogP contribution in [-0.2, 0) is 4.74 Å². The van der Waals surface area contributed by atoms with Crippen molar-refractivity contribution in [2.45, 2.75) is 31.7 Å². The molecular weight excluding hydrogens is 200 g/mol. The molecule has 0 aromatic carbocycles. The Morgan fingerprint density at radius 2 is 2.25 bits per heavy atom. The molecule has 3 heteroatoms. The highest BCUT2D eigenvalue weighted by atomic mass is 16.5. The first-order valence-electron chi connectivity index (χ1n) is 6.68. The van der Waals surface area contributed by atoms with Crippen LogP contribution in [0.1, 0.15) is 25.7 Å². The molecule has 0 aromatic rings. The SMILES string of the molecule is COCC1CC(CC2CCCN(C)C2)CN1. The summed E-state index contributed by atoms with van der Waals surface area (Å²) in [6.45, 7) is 4.69. The fraction of sp³-hybridized carbons (Fsp3) is 1.00. The summed E-state index contributed by atoms with van der Waals surface area (Å²) in [5.74, 6) is 1.82. The molecule has 3 nitrogen and oxygen atoms in total. The van der Waals surface area contributed by atoms with E-state index >= 15 is 0 Å². The lowest BCUT2D eigenvalue weighted by atomic mass is 9.87. The van der Waals surface area contributed by atoms with Gasteiger partial charge in [-0.3, -0.25) is 0 Å². The van der Waals surface area contributed by atoms with Crippen molar-refractivity contribution in [2.75, 3.05) is 40.4 Å². The van der Waals surface area contributed by atoms with Crippen LogP contribution in [0.3, 0.4) is 0 Å². The summed E-state index contributed by atoms with van der Waals surface area (Å²) in [4.78, 5) is 2.49. The smallest absolute Gasteiger partial charge is 0.0615 e. The van der Waals surface area contributed by atoms with Crippen LogP contribution in [0.15, 0.2) is 0 Å². The first-order chi connectivity index (χ1) is 7.78. The third kappa shape index (κ3) is 3.44. The van der Waals surface area contributed by atoms with Crippen molar-refractivity contribution in [3.63, 3.8) is 0 Å². The zero-order chi connectivity index (χ0) is 11.4. The molecule has 16 heavy (non-hydrogen) atoms. The Morgan fingerprint density at radius 3 is 3.00 bits per heavy atom. The summed E-state index contributed by atoms with van der Waals surface area (Å²) in [5.41, 5.74) is 0. The number of ether oxygens (including phenoxy) is 1. The number of nitrogens with zero attached hydrogens (tertiary/aromatic N) is 1. The predicted octanol–water partition coefficient (Wildman–Crippen LogP) is 1.34. The Labute approximate surface area is 99.5 Å². The Kier molecular flexibility index (Phi) is 4.62. The molecule has 0 aromatic heterocycles. The van der Waals surface area contributed by atoms with Gasteiger partial charge in [0.1, 0.15) is 0 Å². The van der Waals surface area contributed by atoms with Crippen LogP contribution in [0, 0.1) is 11.8 Å². The molecule has 0 aliphatic carbocycles. The zero-order valence-electron chi connectivity index (χ0n) is 10.7. The Hall–Kier alpha value is -0.120. The highest BCUT2D eigenvalue weighted by Gasteiger charge is 2.27. The van der Waals surface area contributed by atoms with Gasteiger partial charge in [-0.1, -0.05) is 0 Å². The fourth-order valence-electron chi connectivity index (χ4n) is 3.35. The largest absolute Gasteiger partial charge is 0.383 e. The molecule has 2 aliphatic heterocycles. The van der Waals surface area contributed by atoms with Crippen molar-refractivity contribution < 1.29 is 4.74 Å². The van der Waals surface area contributed by atoms with Gasteiger partial charge in [0.25, 0.3) is 0 Å². The molecule has 2 fully saturated rings. The fourth-order valence-corrected chi connectivity index (χ4v) is 3.35. The van der Waals surface area contributed by atoms with E-state index in [-0.39, 0.29) is 0 Å². The third-order valence-corrected chi connectivity index (χ3v) is 4.07. The van der Waals surface area contributed by atoms with Gasteiger partial charge < -0.3 is 15.0 Å². The van der Waals surface area contributed by atoms with E-state index in [4.69, 9.17) is 4.74 Å². The molecule has 1 N–H and O–H groups in total. The second kappa shape index (κ2) is 5.99. The summed E-state index contributed by atoms with van der Waals surface area (Å²) in [6, 6.07) is 0.608. The number of rotatable bonds is 4. The zero-order valence-corrected chi connectivity index (χ0v) is 10.7. The van der Waals surface area contributed by atoms with E-state index < -0.39 is 0 Å². The van der Waals surface area contributed by atoms with Gasteiger partial charge in [0, 0.05) is 19.7 Å². The van der Waals surface area contributed by atoms with Gasteiger partial charge in [-0.2, -0.15) is 0 Å². The molecule has 0 radical (unpaired) electrons. The van der Waals surface area contributed by atoms with Gasteiger partial charge in [0.15, 0.2) is 0 Å². The topological polar surface area (TPSA) is 24.5 Å². The van der Waals surface area contributed by atoms with Crippen LogP contribution in [0.2, 0.25) is 0 Å². The number of nitrogens with one attached hydrogen (secondary N) is 1. The lowest BCUT2D eigenvalue weighted by Gasteiger charge is -2.31. The lowest BCUT2D eigenvalue weighted by Crippen LogP contribution is -2.33. The minimum atomic E-state index is 0.608. The summed E-state index contributed by atoms with van der Waals surface area (Å²) in [5, 5.41) is 3.57. The average Bonchev–Trinajstić information content (AvgIpc) is 2.66. The molecule has 2 heterocycles. The van der Waals surface area contributed by atoms with Crippen molar-refractivity contribution >= 4 is 0 Å². The highest BCUT2D eigenvalue weighted by Crippen LogP contribution is 2.27. The first kappa shape index (κ1) is 12.3. The van der Waals surface area contributed by atoms with Crippen LogP contribution in [-0.4, -0.2) is 51.3 Å². The molecule has 0 bridgehead atoms. The lowest BCUT2D eigenvalue weighted by molar-refractivity contribution is 0.167. The van der Waals surface area contributed by atoms with E-state index in [1.165, 1.54) is 45.3 Å². The second-order valence-electron chi connectivity index (χ2n) is 5.67. The number of methoxy groups -OCH3 is 1. The van der Waals surface area contributed by atoms with Crippen LogP contribution >= 0.6 is 0 Å². The number of hydrogen-bond donors (Lipinski definition) is 1. The summed E-state index contributed by atoms with van der Waals surface area (Å²) in [7, 11) is 4.05. The molecule has 2 saturated heterocycles. The minimum Gasteiger partial charge on any atom is -0.383 e. The summed E-state index contributed by atoms with van der Waals surface area (Å²) in [6.07, 6.45) is 5.56. The maximum absolute atomic E-state index is 5.21. The number of likely N-dealkylation sites (tertiary alicyclic amines) is 1. The third-order valence-electron chi connectivity index (χ3n) is 4.07. The van der Waals surface area contributed by atoms with Crippen molar-refractivity contribution in [1.29, 1.82) is 0 Å². The van der Waals surface area contributed by atoms with E-state index in [2.05, 4.69) is 17.3 Å². The molecule has 2 rings (SSSR count). The van der Waals surface area contributed by atoms with Crippen LogP contribution in [0.25, 0.3) is 0 Å². The molecule has 0 amide bonds. The minimum absolute atomic E-state index is 0.608. The van der Waals surface area contributed by atoms with Gasteiger partial charge in [-0.05, 0) is 57.7 Å². The maximum Gasteiger partial charge on any atom is 0.0615 e. The Morgan fingerprint density at radius 1 is 1.38 bits per heavy atom. The normalized spacial score (nSPS) is 36.8. The molecule has 3 atom stereocenters. The van der Waals surface area contributed by atoms with E-state index in [0.717, 1.165) is 18.4 Å². The summed E-state index contributed by atoms with van der Waals surface area (Å²) < 4.78 is 5.21. The van der Waals surface area contributed by atoms with Crippen molar-refractivity contribution in [3.8, 4) is 0 Å². The van der Waals surface area contributed by atoms with E-state index in [0.29, 0.717) is 6.04 Å². The van der Waals surface area contributed by atoms with Gasteiger partial charge in [0.05, 0.1) is 6.61 Å². The molecule has 0 saturated carbocycles. The highest BCUT2D eigenvalue weighted by molar-refractivity contribution is 4.84. The maximum atomic E-state index is 5.21. The van der Waals surface area contributed by atoms with Crippen molar-refractivity contribution in [1.82, 2.24) is 10.2 Å². The first-order valence-corrected chi connectivity index (χ1v) is 6.68. The van der Waals surface area contributed by atoms with Crippen molar-refractivity contribution in [2.24, 2.45) is 11.8 Å². The molecule has 0 spiro atoms. The summed E-state index contributed by atoms with van der Waals surface area (Å²) >= 11 is 0. The van der Waals surface area contributed by atoms with E-state index in [9.17, 15) is 0 Å². The van der Waals surface area contributed by atoms with Gasteiger partial charge in [-0.15, -0.1) is 0 Å². The molecule has 2 aliphatic rings. The van der Waals surface area contributed by atoms with Crippen LogP contribution < -0.4 is 5.32 Å². The van der Waals surface area contributed by atoms with Gasteiger partial charge >= 0.3 is 0 Å². The standard InChI is InChI=1S/C13H26N2O/c1-15-5-3-4-11(9-15)6-12-7-13(10-16-2)14-8-12/h11-14H,3-10H2,1-2H3. The van der Waals surface area contributed by atoms with Crippen LogP contribution in [0.4, 0.5) is 0 Å². The predicted molar refractivity (Wildman–Crippen MR) is 66.6 cm³/mol. The molecule has 3 unspecified atom stereocenters. The van der Waals surface area contributed by atoms with E-state index in [1.807, 2.05) is 0 Å². The van der Waals surface area contributed by atoms with E-state index in [1.54, 1.807) is 7.11 Å². The van der Waals surface area contributed by atoms with Gasteiger partial charge in [-0.25, -0.2) is 0 Å². The number of piperidine rings is 1. The monoisotopic (exact) mass is 226 g/mol. The number of hydrogen-bond acceptors (Lipinski definition) is 3. The van der Waals surface area contributed by atoms with Crippen molar-refractivity contribution in [3.05, 3.63) is 0 Å². The Balaban J connectivity index is 1.70. The van der Waals surface area contributed by atoms with Gasteiger partial charge in [0.2, 0.25) is 0 Å². The van der Waals surface area contributed by atoms with Crippen LogP contribution in [0.5, 0.6) is 0 Å². The molecule has 94 valence electrons.